The molecule has 0 aliphatic heterocycles. The lowest BCUT2D eigenvalue weighted by Gasteiger charge is -2.16. The van der Waals surface area contributed by atoms with Gasteiger partial charge in [0.2, 0.25) is 0 Å². The van der Waals surface area contributed by atoms with Crippen LogP contribution in [0.25, 0.3) is 11.1 Å². The van der Waals surface area contributed by atoms with E-state index in [2.05, 4.69) is 15.6 Å². The molecule has 0 aliphatic carbocycles. The van der Waals surface area contributed by atoms with E-state index in [0.717, 1.165) is 11.1 Å². The summed E-state index contributed by atoms with van der Waals surface area (Å²) in [6, 6.07) is 24.8. The Labute approximate surface area is 202 Å². The normalized spacial score (nSPS) is 11.4. The Morgan fingerprint density at radius 3 is 2.46 bits per heavy atom. The van der Waals surface area contributed by atoms with Crippen LogP contribution in [0.4, 0.5) is 4.39 Å². The van der Waals surface area contributed by atoms with Crippen LogP contribution in [0.3, 0.4) is 0 Å². The second-order valence-electron chi connectivity index (χ2n) is 7.74. The molecule has 0 fully saturated rings. The van der Waals surface area contributed by atoms with Crippen molar-refractivity contribution in [3.05, 3.63) is 120 Å². The number of carbonyl (C=O) groups is 2. The SMILES string of the molecule is COc1ccccc1C(=O)NCc1cc(C(F)NC(=O)c2cccnc2)ccc1-c1ccccc1. The third-order valence-corrected chi connectivity index (χ3v) is 5.48. The number of carbonyl (C=O) groups excluding carboxylic acids is 2. The summed E-state index contributed by atoms with van der Waals surface area (Å²) in [5.74, 6) is -0.415. The molecule has 3 aromatic carbocycles. The van der Waals surface area contributed by atoms with Crippen LogP contribution >= 0.6 is 0 Å². The van der Waals surface area contributed by atoms with E-state index in [9.17, 15) is 9.59 Å². The minimum absolute atomic E-state index is 0.151. The van der Waals surface area contributed by atoms with Gasteiger partial charge in [-0.3, -0.25) is 14.6 Å². The quantitative estimate of drug-likeness (QED) is 0.353. The third-order valence-electron chi connectivity index (χ3n) is 5.48. The Hall–Kier alpha value is -4.52. The summed E-state index contributed by atoms with van der Waals surface area (Å²) in [5.41, 5.74) is 3.41. The summed E-state index contributed by atoms with van der Waals surface area (Å²) in [4.78, 5) is 29.1. The molecule has 0 saturated carbocycles. The lowest BCUT2D eigenvalue weighted by molar-refractivity contribution is 0.0892. The van der Waals surface area contributed by atoms with E-state index in [0.29, 0.717) is 16.9 Å². The fourth-order valence-corrected chi connectivity index (χ4v) is 3.70. The minimum Gasteiger partial charge on any atom is -0.496 e. The zero-order valence-electron chi connectivity index (χ0n) is 19.1. The predicted molar refractivity (Wildman–Crippen MR) is 132 cm³/mol. The van der Waals surface area contributed by atoms with E-state index >= 15 is 4.39 Å². The lowest BCUT2D eigenvalue weighted by atomic mass is 9.97. The second kappa shape index (κ2) is 11.1. The first-order valence-electron chi connectivity index (χ1n) is 11.0. The zero-order chi connectivity index (χ0) is 24.6. The highest BCUT2D eigenvalue weighted by Gasteiger charge is 2.18. The molecule has 4 rings (SSSR count). The van der Waals surface area contributed by atoms with Crippen LogP contribution in [0.1, 0.15) is 38.1 Å². The number of alkyl halides is 1. The van der Waals surface area contributed by atoms with E-state index < -0.39 is 12.2 Å². The molecule has 4 aromatic rings. The largest absolute Gasteiger partial charge is 0.496 e. The smallest absolute Gasteiger partial charge is 0.255 e. The van der Waals surface area contributed by atoms with Crippen LogP contribution in [0.5, 0.6) is 5.75 Å². The predicted octanol–water partition coefficient (Wildman–Crippen LogP) is 5.09. The van der Waals surface area contributed by atoms with Gasteiger partial charge in [-0.05, 0) is 47.0 Å². The molecule has 1 unspecified atom stereocenters. The molecule has 176 valence electrons. The van der Waals surface area contributed by atoms with Crippen LogP contribution < -0.4 is 15.4 Å². The Bertz CT molecular complexity index is 1310. The molecule has 0 aliphatic rings. The number of nitrogens with zero attached hydrogens (tertiary/aromatic N) is 1. The number of halogens is 1. The number of para-hydroxylation sites is 1. The minimum atomic E-state index is -1.74. The summed E-state index contributed by atoms with van der Waals surface area (Å²) >= 11 is 0. The van der Waals surface area contributed by atoms with Gasteiger partial charge in [-0.1, -0.05) is 54.6 Å². The summed E-state index contributed by atoms with van der Waals surface area (Å²) in [5, 5.41) is 5.25. The van der Waals surface area contributed by atoms with E-state index in [1.54, 1.807) is 54.6 Å². The molecular weight excluding hydrogens is 445 g/mol. The van der Waals surface area contributed by atoms with E-state index in [1.165, 1.54) is 19.5 Å². The first-order valence-corrected chi connectivity index (χ1v) is 11.0. The maximum atomic E-state index is 15.1. The van der Waals surface area contributed by atoms with Gasteiger partial charge in [0.05, 0.1) is 18.2 Å². The van der Waals surface area contributed by atoms with Gasteiger partial charge in [0.25, 0.3) is 11.8 Å². The standard InChI is InChI=1S/C28H24FN3O3/c1-35-25-12-6-5-11-24(25)28(34)31-18-22-16-20(13-14-23(22)19-8-3-2-4-9-19)26(29)32-27(33)21-10-7-15-30-17-21/h2-17,26H,18H2,1H3,(H,31,34)(H,32,33). The maximum absolute atomic E-state index is 15.1. The molecule has 1 heterocycles. The first kappa shape index (κ1) is 23.6. The van der Waals surface area contributed by atoms with Gasteiger partial charge >= 0.3 is 0 Å². The summed E-state index contributed by atoms with van der Waals surface area (Å²) in [6.45, 7) is 0.151. The van der Waals surface area contributed by atoms with Gasteiger partial charge in [-0.2, -0.15) is 0 Å². The van der Waals surface area contributed by atoms with Crippen molar-refractivity contribution in [2.24, 2.45) is 0 Å². The van der Waals surface area contributed by atoms with E-state index in [4.69, 9.17) is 4.74 Å². The number of methoxy groups -OCH3 is 1. The topological polar surface area (TPSA) is 80.3 Å². The fourth-order valence-electron chi connectivity index (χ4n) is 3.70. The molecule has 1 atom stereocenters. The molecule has 0 saturated heterocycles. The van der Waals surface area contributed by atoms with Crippen molar-refractivity contribution in [2.45, 2.75) is 12.8 Å². The molecule has 2 N–H and O–H groups in total. The average molecular weight is 470 g/mol. The van der Waals surface area contributed by atoms with Gasteiger partial charge in [0, 0.05) is 24.5 Å². The fraction of sp³-hybridized carbons (Fsp3) is 0.107. The molecule has 0 radical (unpaired) electrons. The number of hydrogen-bond donors (Lipinski definition) is 2. The molecule has 1 aromatic heterocycles. The Balaban J connectivity index is 1.59. The van der Waals surface area contributed by atoms with Gasteiger partial charge < -0.3 is 15.4 Å². The average Bonchev–Trinajstić information content (AvgIpc) is 2.92. The number of hydrogen-bond acceptors (Lipinski definition) is 4. The highest BCUT2D eigenvalue weighted by Crippen LogP contribution is 2.28. The Morgan fingerprint density at radius 1 is 0.943 bits per heavy atom. The van der Waals surface area contributed by atoms with Crippen molar-refractivity contribution >= 4 is 11.8 Å². The van der Waals surface area contributed by atoms with Crippen LogP contribution in [-0.4, -0.2) is 23.9 Å². The molecule has 7 heteroatoms. The van der Waals surface area contributed by atoms with Gasteiger partial charge in [0.15, 0.2) is 6.30 Å². The van der Waals surface area contributed by atoms with Crippen LogP contribution in [0.2, 0.25) is 0 Å². The van der Waals surface area contributed by atoms with E-state index in [1.807, 2.05) is 30.3 Å². The third kappa shape index (κ3) is 5.70. The first-order chi connectivity index (χ1) is 17.1. The number of rotatable bonds is 8. The van der Waals surface area contributed by atoms with Crippen molar-refractivity contribution in [2.75, 3.05) is 7.11 Å². The Kier molecular flexibility index (Phi) is 7.47. The number of pyridine rings is 1. The van der Waals surface area contributed by atoms with Crippen LogP contribution in [0.15, 0.2) is 97.3 Å². The van der Waals surface area contributed by atoms with Crippen molar-refractivity contribution in [1.82, 2.24) is 15.6 Å². The molecule has 0 spiro atoms. The maximum Gasteiger partial charge on any atom is 0.255 e. The molecule has 35 heavy (non-hydrogen) atoms. The highest BCUT2D eigenvalue weighted by atomic mass is 19.1. The molecule has 2 amide bonds. The number of ether oxygens (including phenoxy) is 1. The monoisotopic (exact) mass is 469 g/mol. The highest BCUT2D eigenvalue weighted by molar-refractivity contribution is 5.97. The van der Waals surface area contributed by atoms with E-state index in [-0.39, 0.29) is 23.6 Å². The van der Waals surface area contributed by atoms with Gasteiger partial charge in [-0.15, -0.1) is 0 Å². The number of benzene rings is 3. The number of amides is 2. The summed E-state index contributed by atoms with van der Waals surface area (Å²) in [6.07, 6.45) is 1.17. The summed E-state index contributed by atoms with van der Waals surface area (Å²) in [7, 11) is 1.50. The molecule has 6 nitrogen and oxygen atoms in total. The van der Waals surface area contributed by atoms with Crippen molar-refractivity contribution in [1.29, 1.82) is 0 Å². The lowest BCUT2D eigenvalue weighted by Crippen LogP contribution is -2.26. The van der Waals surface area contributed by atoms with Crippen LogP contribution in [0, 0.1) is 0 Å². The second-order valence-corrected chi connectivity index (χ2v) is 7.74. The van der Waals surface area contributed by atoms with Crippen LogP contribution in [-0.2, 0) is 6.54 Å². The number of nitrogens with one attached hydrogen (secondary N) is 2. The summed E-state index contributed by atoms with van der Waals surface area (Å²) < 4.78 is 20.4. The van der Waals surface area contributed by atoms with Crippen molar-refractivity contribution < 1.29 is 18.7 Å². The molecule has 0 bridgehead atoms. The Morgan fingerprint density at radius 2 is 1.71 bits per heavy atom. The van der Waals surface area contributed by atoms with Gasteiger partial charge in [0.1, 0.15) is 5.75 Å². The van der Waals surface area contributed by atoms with Crippen molar-refractivity contribution in [3.8, 4) is 16.9 Å². The molecular formula is C28H24FN3O3. The zero-order valence-corrected chi connectivity index (χ0v) is 19.1. The van der Waals surface area contributed by atoms with Gasteiger partial charge in [-0.25, -0.2) is 4.39 Å². The van der Waals surface area contributed by atoms with Crippen molar-refractivity contribution in [3.63, 3.8) is 0 Å². The number of aromatic nitrogens is 1.